The second kappa shape index (κ2) is 11.5. The zero-order valence-corrected chi connectivity index (χ0v) is 19.7. The van der Waals surface area contributed by atoms with Crippen LogP contribution in [0.2, 0.25) is 0 Å². The van der Waals surface area contributed by atoms with Gasteiger partial charge in [0.25, 0.3) is 5.91 Å². The molecule has 2 atom stereocenters. The third kappa shape index (κ3) is 6.84. The number of carbonyl (C=O) groups excluding carboxylic acids is 2. The Morgan fingerprint density at radius 1 is 1.03 bits per heavy atom. The van der Waals surface area contributed by atoms with E-state index in [-0.39, 0.29) is 24.5 Å². The van der Waals surface area contributed by atoms with E-state index >= 15 is 0 Å². The van der Waals surface area contributed by atoms with E-state index in [1.165, 1.54) is 0 Å². The predicted molar refractivity (Wildman–Crippen MR) is 125 cm³/mol. The maximum atomic E-state index is 13.3. The first-order valence-electron chi connectivity index (χ1n) is 11.1. The highest BCUT2D eigenvalue weighted by Gasteiger charge is 2.29. The van der Waals surface area contributed by atoms with E-state index in [0.717, 1.165) is 28.7 Å². The highest BCUT2D eigenvalue weighted by Crippen LogP contribution is 2.23. The minimum absolute atomic E-state index is 0.0596. The second-order valence-corrected chi connectivity index (χ2v) is 8.24. The summed E-state index contributed by atoms with van der Waals surface area (Å²) in [5.74, 6) is 0.389. The standard InChI is InChI=1S/C26H36N2O3/c1-7-20(5)27-26(30)23(8-2)28(16-22-12-10-9-11-13-22)25(29)17-31-24-15-18(3)14-19(4)21(24)6/h9-15,20,23H,7-8,16-17H2,1-6H3,(H,27,30)/t20-,23+/m0/s1. The van der Waals surface area contributed by atoms with Crippen LogP contribution < -0.4 is 10.1 Å². The first kappa shape index (κ1) is 24.4. The molecule has 168 valence electrons. The molecule has 2 aromatic carbocycles. The minimum atomic E-state index is -0.550. The number of nitrogens with one attached hydrogen (secondary N) is 1. The van der Waals surface area contributed by atoms with Gasteiger partial charge in [0.1, 0.15) is 11.8 Å². The van der Waals surface area contributed by atoms with Crippen LogP contribution in [0.25, 0.3) is 0 Å². The van der Waals surface area contributed by atoms with Crippen LogP contribution in [0.4, 0.5) is 0 Å². The first-order valence-corrected chi connectivity index (χ1v) is 11.1. The molecule has 2 rings (SSSR count). The van der Waals surface area contributed by atoms with Crippen LogP contribution in [0.15, 0.2) is 42.5 Å². The Balaban J connectivity index is 2.24. The molecular weight excluding hydrogens is 388 g/mol. The van der Waals surface area contributed by atoms with Crippen molar-refractivity contribution in [3.63, 3.8) is 0 Å². The number of benzene rings is 2. The number of nitrogens with zero attached hydrogens (tertiary/aromatic N) is 1. The molecule has 2 amide bonds. The zero-order valence-electron chi connectivity index (χ0n) is 19.7. The minimum Gasteiger partial charge on any atom is -0.483 e. The van der Waals surface area contributed by atoms with E-state index in [2.05, 4.69) is 11.4 Å². The quantitative estimate of drug-likeness (QED) is 0.601. The lowest BCUT2D eigenvalue weighted by Crippen LogP contribution is -2.51. The second-order valence-electron chi connectivity index (χ2n) is 8.24. The molecule has 0 fully saturated rings. The van der Waals surface area contributed by atoms with Crippen LogP contribution in [0.5, 0.6) is 5.75 Å². The lowest BCUT2D eigenvalue weighted by atomic mass is 10.1. The van der Waals surface area contributed by atoms with Crippen LogP contribution >= 0.6 is 0 Å². The molecule has 0 unspecified atom stereocenters. The number of aryl methyl sites for hydroxylation is 2. The molecule has 1 N–H and O–H groups in total. The fourth-order valence-corrected chi connectivity index (χ4v) is 3.51. The van der Waals surface area contributed by atoms with Crippen molar-refractivity contribution in [2.75, 3.05) is 6.61 Å². The zero-order chi connectivity index (χ0) is 23.0. The van der Waals surface area contributed by atoms with Crippen LogP contribution in [0.1, 0.15) is 55.9 Å². The molecule has 0 aliphatic carbocycles. The number of carbonyl (C=O) groups is 2. The van der Waals surface area contributed by atoms with Crippen LogP contribution in [-0.4, -0.2) is 35.4 Å². The van der Waals surface area contributed by atoms with Gasteiger partial charge in [0, 0.05) is 12.6 Å². The SMILES string of the molecule is CC[C@H](C(=O)N[C@@H](C)CC)N(Cc1ccccc1)C(=O)COc1cc(C)cc(C)c1C. The van der Waals surface area contributed by atoms with Gasteiger partial charge in [-0.3, -0.25) is 9.59 Å². The average Bonchev–Trinajstić information content (AvgIpc) is 2.75. The van der Waals surface area contributed by atoms with Gasteiger partial charge < -0.3 is 15.0 Å². The molecule has 0 spiro atoms. The third-order valence-electron chi connectivity index (χ3n) is 5.70. The molecule has 31 heavy (non-hydrogen) atoms. The van der Waals surface area contributed by atoms with E-state index < -0.39 is 6.04 Å². The van der Waals surface area contributed by atoms with E-state index in [9.17, 15) is 9.59 Å². The van der Waals surface area contributed by atoms with Crippen molar-refractivity contribution in [1.82, 2.24) is 10.2 Å². The van der Waals surface area contributed by atoms with Gasteiger partial charge in [-0.05, 0) is 68.9 Å². The summed E-state index contributed by atoms with van der Waals surface area (Å²) in [7, 11) is 0. The summed E-state index contributed by atoms with van der Waals surface area (Å²) in [5.41, 5.74) is 4.22. The molecule has 5 nitrogen and oxygen atoms in total. The Morgan fingerprint density at radius 3 is 2.32 bits per heavy atom. The molecule has 2 aromatic rings. The number of hydrogen-bond donors (Lipinski definition) is 1. The van der Waals surface area contributed by atoms with Gasteiger partial charge >= 0.3 is 0 Å². The lowest BCUT2D eigenvalue weighted by molar-refractivity contribution is -0.143. The van der Waals surface area contributed by atoms with Crippen molar-refractivity contribution < 1.29 is 14.3 Å². The van der Waals surface area contributed by atoms with Gasteiger partial charge in [0.15, 0.2) is 6.61 Å². The number of ether oxygens (including phenoxy) is 1. The van der Waals surface area contributed by atoms with Crippen molar-refractivity contribution in [3.05, 3.63) is 64.7 Å². The highest BCUT2D eigenvalue weighted by atomic mass is 16.5. The van der Waals surface area contributed by atoms with Crippen molar-refractivity contribution in [2.24, 2.45) is 0 Å². The highest BCUT2D eigenvalue weighted by molar-refractivity contribution is 5.88. The summed E-state index contributed by atoms with van der Waals surface area (Å²) in [4.78, 5) is 27.9. The number of amides is 2. The summed E-state index contributed by atoms with van der Waals surface area (Å²) < 4.78 is 5.93. The van der Waals surface area contributed by atoms with Gasteiger partial charge in [0.05, 0.1) is 0 Å². The maximum Gasteiger partial charge on any atom is 0.261 e. The van der Waals surface area contributed by atoms with Crippen LogP contribution in [0, 0.1) is 20.8 Å². The number of hydrogen-bond acceptors (Lipinski definition) is 3. The molecule has 0 saturated carbocycles. The van der Waals surface area contributed by atoms with Crippen molar-refractivity contribution in [2.45, 2.75) is 73.0 Å². The van der Waals surface area contributed by atoms with E-state index in [4.69, 9.17) is 4.74 Å². The molecule has 0 saturated heterocycles. The van der Waals surface area contributed by atoms with Crippen LogP contribution in [0.3, 0.4) is 0 Å². The monoisotopic (exact) mass is 424 g/mol. The number of rotatable bonds is 10. The third-order valence-corrected chi connectivity index (χ3v) is 5.70. The molecule has 0 aliphatic heterocycles. The Bertz CT molecular complexity index is 880. The molecule has 0 aromatic heterocycles. The van der Waals surface area contributed by atoms with Crippen LogP contribution in [-0.2, 0) is 16.1 Å². The molecule has 0 bridgehead atoms. The maximum absolute atomic E-state index is 13.3. The van der Waals surface area contributed by atoms with Gasteiger partial charge in [-0.1, -0.05) is 50.2 Å². The molecule has 0 aliphatic rings. The van der Waals surface area contributed by atoms with Gasteiger partial charge in [-0.15, -0.1) is 0 Å². The van der Waals surface area contributed by atoms with Gasteiger partial charge in [-0.2, -0.15) is 0 Å². The first-order chi connectivity index (χ1) is 14.8. The molecule has 0 heterocycles. The fraction of sp³-hybridized carbons (Fsp3) is 0.462. The Labute approximate surface area is 186 Å². The van der Waals surface area contributed by atoms with Crippen molar-refractivity contribution in [1.29, 1.82) is 0 Å². The van der Waals surface area contributed by atoms with Crippen molar-refractivity contribution >= 4 is 11.8 Å². The predicted octanol–water partition coefficient (Wildman–Crippen LogP) is 4.71. The molecule has 5 heteroatoms. The van der Waals surface area contributed by atoms with Gasteiger partial charge in [0.2, 0.25) is 5.91 Å². The van der Waals surface area contributed by atoms with Crippen molar-refractivity contribution in [3.8, 4) is 5.75 Å². The smallest absolute Gasteiger partial charge is 0.261 e. The average molecular weight is 425 g/mol. The summed E-state index contributed by atoms with van der Waals surface area (Å²) in [6.07, 6.45) is 1.37. The fourth-order valence-electron chi connectivity index (χ4n) is 3.51. The largest absolute Gasteiger partial charge is 0.483 e. The van der Waals surface area contributed by atoms with Gasteiger partial charge in [-0.25, -0.2) is 0 Å². The van der Waals surface area contributed by atoms with E-state index in [1.807, 2.05) is 77.9 Å². The Kier molecular flexibility index (Phi) is 9.10. The topological polar surface area (TPSA) is 58.6 Å². The summed E-state index contributed by atoms with van der Waals surface area (Å²) in [6, 6.07) is 13.3. The Hall–Kier alpha value is -2.82. The summed E-state index contributed by atoms with van der Waals surface area (Å²) in [5, 5.41) is 3.03. The normalized spacial score (nSPS) is 12.7. The summed E-state index contributed by atoms with van der Waals surface area (Å²) >= 11 is 0. The van der Waals surface area contributed by atoms with E-state index in [0.29, 0.717) is 18.7 Å². The summed E-state index contributed by atoms with van der Waals surface area (Å²) in [6.45, 7) is 12.2. The Morgan fingerprint density at radius 2 is 1.71 bits per heavy atom. The van der Waals surface area contributed by atoms with E-state index in [1.54, 1.807) is 4.90 Å². The lowest BCUT2D eigenvalue weighted by Gasteiger charge is -2.31. The molecule has 0 radical (unpaired) electrons. The molecular formula is C26H36N2O3.